The largest absolute Gasteiger partial charge is 0.367 e. The molecule has 1 aromatic carbocycles. The topological polar surface area (TPSA) is 64.8 Å². The first-order valence-corrected chi connectivity index (χ1v) is 8.43. The number of aromatic nitrogens is 2. The molecule has 0 radical (unpaired) electrons. The van der Waals surface area contributed by atoms with Crippen molar-refractivity contribution in [2.75, 3.05) is 23.3 Å². The molecule has 1 aliphatic rings. The number of anilines is 2. The molecule has 0 aliphatic carbocycles. The first-order valence-electron chi connectivity index (χ1n) is 8.43. The number of pyridine rings is 2. The van der Waals surface area contributed by atoms with E-state index in [1.807, 2.05) is 23.1 Å². The maximum absolute atomic E-state index is 14.1. The second kappa shape index (κ2) is 7.00. The van der Waals surface area contributed by atoms with E-state index in [-0.39, 0.29) is 6.54 Å². The minimum absolute atomic E-state index is 0.245. The Labute approximate surface area is 154 Å². The van der Waals surface area contributed by atoms with Gasteiger partial charge in [-0.3, -0.25) is 0 Å². The van der Waals surface area contributed by atoms with E-state index >= 15 is 0 Å². The van der Waals surface area contributed by atoms with Crippen LogP contribution in [0.4, 0.5) is 20.3 Å². The summed E-state index contributed by atoms with van der Waals surface area (Å²) in [6.07, 6.45) is 3.34. The molecule has 7 heteroatoms. The van der Waals surface area contributed by atoms with Crippen LogP contribution < -0.4 is 10.2 Å². The second-order valence-corrected chi connectivity index (χ2v) is 6.22. The number of halogens is 2. The Hall–Kier alpha value is -3.53. The van der Waals surface area contributed by atoms with Crippen LogP contribution in [-0.2, 0) is 6.54 Å². The summed E-state index contributed by atoms with van der Waals surface area (Å²) in [5, 5.41) is 12.1. The van der Waals surface area contributed by atoms with Gasteiger partial charge in [0, 0.05) is 48.7 Å². The predicted molar refractivity (Wildman–Crippen MR) is 98.1 cm³/mol. The Morgan fingerprint density at radius 3 is 2.70 bits per heavy atom. The number of nitrogens with zero attached hydrogens (tertiary/aromatic N) is 4. The SMILES string of the molecule is N#Cc1ccc(-c2cnc3c(c2)N(Cc2cc(F)ccc2F)CCN3)cn1. The van der Waals surface area contributed by atoms with E-state index in [4.69, 9.17) is 5.26 Å². The lowest BCUT2D eigenvalue weighted by Gasteiger charge is -2.31. The molecule has 0 bridgehead atoms. The molecule has 0 atom stereocenters. The number of hydrogen-bond acceptors (Lipinski definition) is 5. The normalized spacial score (nSPS) is 12.9. The third kappa shape index (κ3) is 3.42. The second-order valence-electron chi connectivity index (χ2n) is 6.22. The molecule has 27 heavy (non-hydrogen) atoms. The van der Waals surface area contributed by atoms with Gasteiger partial charge in [0.1, 0.15) is 29.2 Å². The maximum Gasteiger partial charge on any atom is 0.149 e. The zero-order chi connectivity index (χ0) is 18.8. The molecule has 0 amide bonds. The highest BCUT2D eigenvalue weighted by molar-refractivity contribution is 5.76. The van der Waals surface area contributed by atoms with Crippen molar-refractivity contribution in [1.82, 2.24) is 9.97 Å². The zero-order valence-corrected chi connectivity index (χ0v) is 14.3. The van der Waals surface area contributed by atoms with Gasteiger partial charge in [-0.1, -0.05) is 0 Å². The van der Waals surface area contributed by atoms with Gasteiger partial charge >= 0.3 is 0 Å². The number of nitriles is 1. The van der Waals surface area contributed by atoms with Gasteiger partial charge in [0.25, 0.3) is 0 Å². The van der Waals surface area contributed by atoms with Crippen LogP contribution in [0, 0.1) is 23.0 Å². The van der Waals surface area contributed by atoms with E-state index in [9.17, 15) is 8.78 Å². The van der Waals surface area contributed by atoms with Gasteiger partial charge in [-0.05, 0) is 36.4 Å². The molecule has 0 saturated heterocycles. The standard InChI is InChI=1S/C20H15F2N5/c21-16-2-4-18(22)15(7-16)12-27-6-5-24-20-19(27)8-14(11-26-20)13-1-3-17(9-23)25-10-13/h1-4,7-8,10-11H,5-6,12H2,(H,24,26). The third-order valence-electron chi connectivity index (χ3n) is 4.46. The first-order chi connectivity index (χ1) is 13.1. The minimum Gasteiger partial charge on any atom is -0.367 e. The van der Waals surface area contributed by atoms with E-state index in [0.717, 1.165) is 28.9 Å². The molecular weight excluding hydrogens is 348 g/mol. The van der Waals surface area contributed by atoms with E-state index in [1.165, 1.54) is 6.07 Å². The predicted octanol–water partition coefficient (Wildman–Crippen LogP) is 3.73. The molecule has 0 spiro atoms. The third-order valence-corrected chi connectivity index (χ3v) is 4.46. The van der Waals surface area contributed by atoms with Crippen LogP contribution in [0.3, 0.4) is 0 Å². The fraction of sp³-hybridized carbons (Fsp3) is 0.150. The molecule has 3 heterocycles. The van der Waals surface area contributed by atoms with Gasteiger partial charge in [0.2, 0.25) is 0 Å². The van der Waals surface area contributed by atoms with Crippen LogP contribution in [0.25, 0.3) is 11.1 Å². The van der Waals surface area contributed by atoms with Crippen molar-refractivity contribution in [1.29, 1.82) is 5.26 Å². The van der Waals surface area contributed by atoms with Gasteiger partial charge in [-0.15, -0.1) is 0 Å². The molecule has 3 aromatic rings. The highest BCUT2D eigenvalue weighted by Crippen LogP contribution is 2.32. The first kappa shape index (κ1) is 16.9. The summed E-state index contributed by atoms with van der Waals surface area (Å²) in [5.74, 6) is -0.197. The summed E-state index contributed by atoms with van der Waals surface area (Å²) in [7, 11) is 0. The smallest absolute Gasteiger partial charge is 0.149 e. The zero-order valence-electron chi connectivity index (χ0n) is 14.3. The number of rotatable bonds is 3. The van der Waals surface area contributed by atoms with Crippen molar-refractivity contribution >= 4 is 11.5 Å². The molecule has 5 nitrogen and oxygen atoms in total. The van der Waals surface area contributed by atoms with Crippen molar-refractivity contribution in [2.45, 2.75) is 6.54 Å². The van der Waals surface area contributed by atoms with Crippen LogP contribution in [0.2, 0.25) is 0 Å². The van der Waals surface area contributed by atoms with Crippen molar-refractivity contribution in [3.63, 3.8) is 0 Å². The van der Waals surface area contributed by atoms with Gasteiger partial charge in [-0.25, -0.2) is 18.7 Å². The number of nitrogens with one attached hydrogen (secondary N) is 1. The van der Waals surface area contributed by atoms with Crippen molar-refractivity contribution in [2.24, 2.45) is 0 Å². The molecule has 1 aliphatic heterocycles. The lowest BCUT2D eigenvalue weighted by molar-refractivity contribution is 0.580. The number of hydrogen-bond donors (Lipinski definition) is 1. The van der Waals surface area contributed by atoms with Gasteiger partial charge in [-0.2, -0.15) is 5.26 Å². The lowest BCUT2D eigenvalue weighted by Crippen LogP contribution is -2.34. The summed E-state index contributed by atoms with van der Waals surface area (Å²) < 4.78 is 27.6. The Balaban J connectivity index is 1.68. The Morgan fingerprint density at radius 2 is 1.93 bits per heavy atom. The van der Waals surface area contributed by atoms with Gasteiger partial charge in [0.15, 0.2) is 0 Å². The molecule has 0 saturated carbocycles. The summed E-state index contributed by atoms with van der Waals surface area (Å²) in [6.45, 7) is 1.55. The number of fused-ring (bicyclic) bond motifs is 1. The van der Waals surface area contributed by atoms with Gasteiger partial charge in [0.05, 0.1) is 5.69 Å². The van der Waals surface area contributed by atoms with Crippen LogP contribution >= 0.6 is 0 Å². The molecule has 0 fully saturated rings. The van der Waals surface area contributed by atoms with Crippen molar-refractivity contribution < 1.29 is 8.78 Å². The van der Waals surface area contributed by atoms with Crippen LogP contribution in [-0.4, -0.2) is 23.1 Å². The molecule has 0 unspecified atom stereocenters. The molecule has 134 valence electrons. The van der Waals surface area contributed by atoms with Crippen molar-refractivity contribution in [3.8, 4) is 17.2 Å². The summed E-state index contributed by atoms with van der Waals surface area (Å²) in [6, 6.07) is 10.9. The maximum atomic E-state index is 14.1. The van der Waals surface area contributed by atoms with E-state index in [0.29, 0.717) is 30.2 Å². The van der Waals surface area contributed by atoms with E-state index in [1.54, 1.807) is 18.5 Å². The fourth-order valence-corrected chi connectivity index (χ4v) is 3.08. The lowest BCUT2D eigenvalue weighted by atomic mass is 10.1. The van der Waals surface area contributed by atoms with Crippen LogP contribution in [0.5, 0.6) is 0 Å². The van der Waals surface area contributed by atoms with Crippen LogP contribution in [0.1, 0.15) is 11.3 Å². The van der Waals surface area contributed by atoms with Crippen molar-refractivity contribution in [3.05, 3.63) is 71.7 Å². The van der Waals surface area contributed by atoms with E-state index in [2.05, 4.69) is 15.3 Å². The molecule has 1 N–H and O–H groups in total. The highest BCUT2D eigenvalue weighted by atomic mass is 19.1. The minimum atomic E-state index is -0.461. The Bertz CT molecular complexity index is 1030. The molecular formula is C20H15F2N5. The van der Waals surface area contributed by atoms with Crippen LogP contribution in [0.15, 0.2) is 48.8 Å². The Morgan fingerprint density at radius 1 is 1.07 bits per heavy atom. The summed E-state index contributed by atoms with van der Waals surface area (Å²) >= 11 is 0. The molecule has 2 aromatic heterocycles. The Kier molecular flexibility index (Phi) is 4.38. The summed E-state index contributed by atoms with van der Waals surface area (Å²) in [5.41, 5.74) is 3.11. The quantitative estimate of drug-likeness (QED) is 0.768. The highest BCUT2D eigenvalue weighted by Gasteiger charge is 2.20. The monoisotopic (exact) mass is 363 g/mol. The van der Waals surface area contributed by atoms with E-state index < -0.39 is 11.6 Å². The average molecular weight is 363 g/mol. The molecule has 4 rings (SSSR count). The number of benzene rings is 1. The average Bonchev–Trinajstić information content (AvgIpc) is 2.71. The fourth-order valence-electron chi connectivity index (χ4n) is 3.08. The van der Waals surface area contributed by atoms with Gasteiger partial charge < -0.3 is 10.2 Å². The summed E-state index contributed by atoms with van der Waals surface area (Å²) in [4.78, 5) is 10.5.